The lowest BCUT2D eigenvalue weighted by Crippen LogP contribution is -2.48. The van der Waals surface area contributed by atoms with Gasteiger partial charge in [-0.2, -0.15) is 8.75 Å². The summed E-state index contributed by atoms with van der Waals surface area (Å²) in [6, 6.07) is 0.361. The topological polar surface area (TPSA) is 47.0 Å². The zero-order valence-corrected chi connectivity index (χ0v) is 12.4. The summed E-state index contributed by atoms with van der Waals surface area (Å²) < 4.78 is 14.7. The Morgan fingerprint density at radius 3 is 3.11 bits per heavy atom. The van der Waals surface area contributed by atoms with Gasteiger partial charge in [-0.05, 0) is 51.0 Å². The van der Waals surface area contributed by atoms with Crippen LogP contribution in [0.4, 0.5) is 0 Å². The molecule has 5 heteroatoms. The number of rotatable bonds is 5. The second-order valence-corrected chi connectivity index (χ2v) is 6.46. The molecule has 0 aromatic carbocycles. The smallest absolute Gasteiger partial charge is 0.0915 e. The molecule has 2 heterocycles. The van der Waals surface area contributed by atoms with E-state index in [2.05, 4.69) is 21.0 Å². The zero-order chi connectivity index (χ0) is 13.1. The third-order valence-electron chi connectivity index (χ3n) is 4.58. The lowest BCUT2D eigenvalue weighted by atomic mass is 9.70. The van der Waals surface area contributed by atoms with Gasteiger partial charge in [0.05, 0.1) is 35.3 Å². The minimum Gasteiger partial charge on any atom is -0.375 e. The molecule has 3 rings (SSSR count). The predicted octanol–water partition coefficient (Wildman–Crippen LogP) is 2.93. The highest BCUT2D eigenvalue weighted by molar-refractivity contribution is 6.99. The van der Waals surface area contributed by atoms with Gasteiger partial charge in [-0.15, -0.1) is 0 Å². The molecular formula is C14H23N3OS. The zero-order valence-electron chi connectivity index (χ0n) is 11.6. The fourth-order valence-electron chi connectivity index (χ4n) is 3.39. The van der Waals surface area contributed by atoms with Crippen molar-refractivity contribution in [2.24, 2.45) is 5.92 Å². The van der Waals surface area contributed by atoms with Crippen LogP contribution in [0, 0.1) is 5.92 Å². The number of nitrogens with zero attached hydrogens (tertiary/aromatic N) is 2. The fourth-order valence-corrected chi connectivity index (χ4v) is 3.85. The van der Waals surface area contributed by atoms with Gasteiger partial charge < -0.3 is 10.1 Å². The predicted molar refractivity (Wildman–Crippen MR) is 76.2 cm³/mol. The summed E-state index contributed by atoms with van der Waals surface area (Å²) in [4.78, 5) is 0. The van der Waals surface area contributed by atoms with Crippen molar-refractivity contribution in [3.63, 3.8) is 0 Å². The molecule has 1 saturated carbocycles. The van der Waals surface area contributed by atoms with E-state index in [1.165, 1.54) is 37.4 Å². The summed E-state index contributed by atoms with van der Waals surface area (Å²) in [5, 5.41) is 3.68. The molecular weight excluding hydrogens is 258 g/mol. The summed E-state index contributed by atoms with van der Waals surface area (Å²) in [5.74, 6) is 0.643. The van der Waals surface area contributed by atoms with Crippen molar-refractivity contribution in [2.45, 2.75) is 57.1 Å². The van der Waals surface area contributed by atoms with Crippen LogP contribution in [0.3, 0.4) is 0 Å². The van der Waals surface area contributed by atoms with Crippen molar-refractivity contribution in [1.82, 2.24) is 14.1 Å². The fraction of sp³-hybridized carbons (Fsp3) is 0.857. The highest BCUT2D eigenvalue weighted by Crippen LogP contribution is 2.47. The Hall–Kier alpha value is -0.520. The average molecular weight is 281 g/mol. The molecule has 106 valence electrons. The van der Waals surface area contributed by atoms with Gasteiger partial charge in [0.2, 0.25) is 0 Å². The monoisotopic (exact) mass is 281 g/mol. The third-order valence-corrected chi connectivity index (χ3v) is 5.07. The molecule has 2 fully saturated rings. The van der Waals surface area contributed by atoms with E-state index in [1.807, 2.05) is 6.20 Å². The first-order chi connectivity index (χ1) is 9.33. The van der Waals surface area contributed by atoms with Crippen LogP contribution in [0.25, 0.3) is 0 Å². The van der Waals surface area contributed by atoms with E-state index in [9.17, 15) is 0 Å². The maximum absolute atomic E-state index is 6.04. The number of hydrogen-bond acceptors (Lipinski definition) is 5. The van der Waals surface area contributed by atoms with Crippen molar-refractivity contribution < 1.29 is 4.74 Å². The second kappa shape index (κ2) is 5.85. The molecule has 2 atom stereocenters. The molecule has 0 amide bonds. The lowest BCUT2D eigenvalue weighted by molar-refractivity contribution is -0.147. The summed E-state index contributed by atoms with van der Waals surface area (Å²) in [5.41, 5.74) is 1.33. The van der Waals surface area contributed by atoms with Gasteiger partial charge in [-0.3, -0.25) is 0 Å². The first kappa shape index (κ1) is 13.5. The Morgan fingerprint density at radius 2 is 2.47 bits per heavy atom. The molecule has 4 nitrogen and oxygen atoms in total. The number of ether oxygens (including phenoxy) is 1. The van der Waals surface area contributed by atoms with Gasteiger partial charge in [-0.1, -0.05) is 6.92 Å². The van der Waals surface area contributed by atoms with E-state index in [-0.39, 0.29) is 5.60 Å². The minimum absolute atomic E-state index is 0.207. The molecule has 1 saturated heterocycles. The SMILES string of the molecule is CCCNC(c1cnsn1)C1CCOC2(CCC2)C1. The van der Waals surface area contributed by atoms with E-state index in [1.54, 1.807) is 0 Å². The molecule has 19 heavy (non-hydrogen) atoms. The maximum Gasteiger partial charge on any atom is 0.0915 e. The summed E-state index contributed by atoms with van der Waals surface area (Å²) in [7, 11) is 0. The van der Waals surface area contributed by atoms with Crippen LogP contribution in [-0.4, -0.2) is 27.5 Å². The highest BCUT2D eigenvalue weighted by atomic mass is 32.1. The Morgan fingerprint density at radius 1 is 1.58 bits per heavy atom. The number of hydrogen-bond donors (Lipinski definition) is 1. The van der Waals surface area contributed by atoms with Gasteiger partial charge in [0.1, 0.15) is 0 Å². The van der Waals surface area contributed by atoms with Gasteiger partial charge in [0.25, 0.3) is 0 Å². The molecule has 1 aliphatic heterocycles. The van der Waals surface area contributed by atoms with Crippen molar-refractivity contribution in [1.29, 1.82) is 0 Å². The highest BCUT2D eigenvalue weighted by Gasteiger charge is 2.44. The Labute approximate surface area is 119 Å². The second-order valence-electron chi connectivity index (χ2n) is 5.90. The van der Waals surface area contributed by atoms with E-state index >= 15 is 0 Å². The molecule has 2 unspecified atom stereocenters. The summed E-state index contributed by atoms with van der Waals surface area (Å²) in [6.45, 7) is 4.17. The molecule has 1 aromatic rings. The number of aromatic nitrogens is 2. The van der Waals surface area contributed by atoms with Crippen molar-refractivity contribution in [3.8, 4) is 0 Å². The molecule has 2 aliphatic rings. The van der Waals surface area contributed by atoms with Crippen LogP contribution in [0.15, 0.2) is 6.20 Å². The van der Waals surface area contributed by atoms with Crippen molar-refractivity contribution in [2.75, 3.05) is 13.2 Å². The summed E-state index contributed by atoms with van der Waals surface area (Å²) in [6.07, 6.45) is 9.24. The Bertz CT molecular complexity index is 391. The quantitative estimate of drug-likeness (QED) is 0.901. The molecule has 0 radical (unpaired) electrons. The first-order valence-corrected chi connectivity index (χ1v) is 8.21. The lowest BCUT2D eigenvalue weighted by Gasteiger charge is -2.48. The van der Waals surface area contributed by atoms with Crippen LogP contribution in [0.2, 0.25) is 0 Å². The normalized spacial score (nSPS) is 27.1. The maximum atomic E-state index is 6.04. The number of nitrogens with one attached hydrogen (secondary N) is 1. The standard InChI is InChI=1S/C14H23N3OS/c1-2-7-15-13(12-10-16-19-17-12)11-4-8-18-14(9-11)5-3-6-14/h10-11,13,15H,2-9H2,1H3. The van der Waals surface area contributed by atoms with E-state index in [0.717, 1.165) is 31.7 Å². The van der Waals surface area contributed by atoms with Gasteiger partial charge in [0.15, 0.2) is 0 Å². The van der Waals surface area contributed by atoms with E-state index in [0.29, 0.717) is 12.0 Å². The van der Waals surface area contributed by atoms with Gasteiger partial charge in [0, 0.05) is 6.61 Å². The van der Waals surface area contributed by atoms with Crippen molar-refractivity contribution >= 4 is 11.7 Å². The van der Waals surface area contributed by atoms with Crippen LogP contribution >= 0.6 is 11.7 Å². The Balaban J connectivity index is 1.71. The average Bonchev–Trinajstić information content (AvgIpc) is 2.92. The Kier molecular flexibility index (Phi) is 4.15. The third kappa shape index (κ3) is 2.83. The van der Waals surface area contributed by atoms with Crippen LogP contribution < -0.4 is 5.32 Å². The molecule has 1 aliphatic carbocycles. The van der Waals surface area contributed by atoms with Crippen LogP contribution in [0.1, 0.15) is 57.2 Å². The largest absolute Gasteiger partial charge is 0.375 e. The van der Waals surface area contributed by atoms with Crippen LogP contribution in [-0.2, 0) is 4.74 Å². The molecule has 0 bridgehead atoms. The van der Waals surface area contributed by atoms with Gasteiger partial charge in [-0.25, -0.2) is 0 Å². The molecule has 1 N–H and O–H groups in total. The minimum atomic E-state index is 0.207. The molecule has 1 spiro atoms. The van der Waals surface area contributed by atoms with Gasteiger partial charge >= 0.3 is 0 Å². The van der Waals surface area contributed by atoms with E-state index in [4.69, 9.17) is 4.74 Å². The summed E-state index contributed by atoms with van der Waals surface area (Å²) >= 11 is 1.31. The first-order valence-electron chi connectivity index (χ1n) is 7.48. The molecule has 1 aromatic heterocycles. The van der Waals surface area contributed by atoms with Crippen LogP contribution in [0.5, 0.6) is 0 Å². The van der Waals surface area contributed by atoms with E-state index < -0.39 is 0 Å². The van der Waals surface area contributed by atoms with Crippen molar-refractivity contribution in [3.05, 3.63) is 11.9 Å².